The van der Waals surface area contributed by atoms with E-state index in [-0.39, 0.29) is 5.54 Å². The highest BCUT2D eigenvalue weighted by atomic mass is 16.3. The van der Waals surface area contributed by atoms with Crippen LogP contribution in [0.5, 0.6) is 0 Å². The summed E-state index contributed by atoms with van der Waals surface area (Å²) < 4.78 is 5.69. The molecule has 1 unspecified atom stereocenters. The highest BCUT2D eigenvalue weighted by molar-refractivity contribution is 5.12. The molecule has 2 rings (SSSR count). The van der Waals surface area contributed by atoms with Crippen molar-refractivity contribution in [1.29, 1.82) is 0 Å². The van der Waals surface area contributed by atoms with Gasteiger partial charge in [0.05, 0.1) is 0 Å². The third-order valence-electron chi connectivity index (χ3n) is 3.02. The van der Waals surface area contributed by atoms with Gasteiger partial charge in [-0.2, -0.15) is 0 Å². The van der Waals surface area contributed by atoms with Crippen molar-refractivity contribution in [2.24, 2.45) is 0 Å². The van der Waals surface area contributed by atoms with Gasteiger partial charge in [0, 0.05) is 11.5 Å². The molecule has 0 radical (unpaired) electrons. The molecule has 1 aromatic rings. The van der Waals surface area contributed by atoms with Gasteiger partial charge in [-0.25, -0.2) is 0 Å². The Balaban J connectivity index is 2.12. The zero-order valence-electron chi connectivity index (χ0n) is 9.26. The number of piperidine rings is 1. The third-order valence-corrected chi connectivity index (χ3v) is 3.02. The van der Waals surface area contributed by atoms with Gasteiger partial charge in [0.2, 0.25) is 0 Å². The molecule has 1 N–H and O–H groups in total. The molecule has 2 heteroatoms. The summed E-state index contributed by atoms with van der Waals surface area (Å²) in [6.45, 7) is 7.62. The van der Waals surface area contributed by atoms with Crippen molar-refractivity contribution in [1.82, 2.24) is 5.32 Å². The summed E-state index contributed by atoms with van der Waals surface area (Å²) >= 11 is 0. The Bertz CT molecular complexity index is 314. The molecule has 0 aromatic carbocycles. The van der Waals surface area contributed by atoms with E-state index in [1.165, 1.54) is 12.8 Å². The van der Waals surface area contributed by atoms with Crippen LogP contribution >= 0.6 is 0 Å². The summed E-state index contributed by atoms with van der Waals surface area (Å²) in [4.78, 5) is 0. The number of hydrogen-bond donors (Lipinski definition) is 1. The number of rotatable bonds is 1. The Labute approximate surface area is 85.7 Å². The van der Waals surface area contributed by atoms with E-state index in [0.29, 0.717) is 5.92 Å². The molecule has 0 amide bonds. The average molecular weight is 193 g/mol. The maximum absolute atomic E-state index is 5.69. The van der Waals surface area contributed by atoms with Gasteiger partial charge >= 0.3 is 0 Å². The summed E-state index contributed by atoms with van der Waals surface area (Å²) in [5, 5.41) is 3.52. The van der Waals surface area contributed by atoms with E-state index in [9.17, 15) is 0 Å². The number of aryl methyl sites for hydroxylation is 1. The van der Waals surface area contributed by atoms with Crippen molar-refractivity contribution >= 4 is 0 Å². The quantitative estimate of drug-likeness (QED) is 0.742. The van der Waals surface area contributed by atoms with E-state index in [1.807, 2.05) is 6.92 Å². The van der Waals surface area contributed by atoms with Gasteiger partial charge in [-0.05, 0) is 52.3 Å². The molecule has 0 bridgehead atoms. The smallest absolute Gasteiger partial charge is 0.107 e. The molecule has 2 nitrogen and oxygen atoms in total. The Morgan fingerprint density at radius 3 is 2.79 bits per heavy atom. The molecule has 1 fully saturated rings. The first kappa shape index (κ1) is 9.78. The Kier molecular flexibility index (Phi) is 2.40. The Morgan fingerprint density at radius 1 is 1.43 bits per heavy atom. The van der Waals surface area contributed by atoms with Crippen LogP contribution in [0, 0.1) is 6.92 Å². The number of nitrogens with one attached hydrogen (secondary N) is 1. The topological polar surface area (TPSA) is 25.2 Å². The van der Waals surface area contributed by atoms with Crippen molar-refractivity contribution in [2.45, 2.75) is 45.1 Å². The number of hydrogen-bond acceptors (Lipinski definition) is 2. The largest absolute Gasteiger partial charge is 0.466 e. The molecule has 0 saturated carbocycles. The first-order chi connectivity index (χ1) is 6.57. The van der Waals surface area contributed by atoms with Crippen LogP contribution in [0.3, 0.4) is 0 Å². The van der Waals surface area contributed by atoms with Gasteiger partial charge in [-0.3, -0.25) is 0 Å². The third kappa shape index (κ3) is 2.01. The molecule has 14 heavy (non-hydrogen) atoms. The van der Waals surface area contributed by atoms with Crippen LogP contribution in [0.15, 0.2) is 16.5 Å². The fourth-order valence-electron chi connectivity index (χ4n) is 2.29. The molecule has 0 spiro atoms. The molecular weight excluding hydrogens is 174 g/mol. The second kappa shape index (κ2) is 3.43. The highest BCUT2D eigenvalue weighted by Gasteiger charge is 2.29. The average Bonchev–Trinajstić information content (AvgIpc) is 2.50. The fraction of sp³-hybridized carbons (Fsp3) is 0.667. The van der Waals surface area contributed by atoms with Crippen LogP contribution in [-0.4, -0.2) is 12.1 Å². The molecule has 1 aliphatic heterocycles. The summed E-state index contributed by atoms with van der Waals surface area (Å²) in [7, 11) is 0. The van der Waals surface area contributed by atoms with Gasteiger partial charge < -0.3 is 9.73 Å². The van der Waals surface area contributed by atoms with Gasteiger partial charge in [-0.1, -0.05) is 0 Å². The Morgan fingerprint density at radius 2 is 2.21 bits per heavy atom. The molecule has 1 atom stereocenters. The van der Waals surface area contributed by atoms with Crippen molar-refractivity contribution in [2.75, 3.05) is 6.54 Å². The lowest BCUT2D eigenvalue weighted by atomic mass is 9.83. The van der Waals surface area contributed by atoms with Gasteiger partial charge in [0.1, 0.15) is 11.5 Å². The van der Waals surface area contributed by atoms with Crippen molar-refractivity contribution < 1.29 is 4.42 Å². The standard InChI is InChI=1S/C12H19NO/c1-9-4-5-11(14-9)10-6-7-13-12(2,3)8-10/h4-5,10,13H,6-8H2,1-3H3. The lowest BCUT2D eigenvalue weighted by Crippen LogP contribution is -2.45. The summed E-state index contributed by atoms with van der Waals surface area (Å²) in [6, 6.07) is 4.19. The van der Waals surface area contributed by atoms with Gasteiger partial charge in [0.25, 0.3) is 0 Å². The van der Waals surface area contributed by atoms with Crippen molar-refractivity contribution in [3.05, 3.63) is 23.7 Å². The SMILES string of the molecule is Cc1ccc(C2CCNC(C)(C)C2)o1. The molecule has 2 heterocycles. The molecular formula is C12H19NO. The van der Waals surface area contributed by atoms with Crippen molar-refractivity contribution in [3.8, 4) is 0 Å². The summed E-state index contributed by atoms with van der Waals surface area (Å²) in [6.07, 6.45) is 2.36. The maximum Gasteiger partial charge on any atom is 0.107 e. The van der Waals surface area contributed by atoms with Crippen LogP contribution in [-0.2, 0) is 0 Å². The minimum atomic E-state index is 0.254. The lowest BCUT2D eigenvalue weighted by molar-refractivity contribution is 0.254. The Hall–Kier alpha value is -0.760. The lowest BCUT2D eigenvalue weighted by Gasteiger charge is -2.35. The van der Waals surface area contributed by atoms with E-state index < -0.39 is 0 Å². The first-order valence-electron chi connectivity index (χ1n) is 5.38. The normalized spacial score (nSPS) is 26.4. The molecule has 1 saturated heterocycles. The number of furan rings is 1. The monoisotopic (exact) mass is 193 g/mol. The highest BCUT2D eigenvalue weighted by Crippen LogP contribution is 2.33. The second-order valence-corrected chi connectivity index (χ2v) is 4.95. The first-order valence-corrected chi connectivity index (χ1v) is 5.38. The van der Waals surface area contributed by atoms with E-state index in [4.69, 9.17) is 4.42 Å². The predicted octanol–water partition coefficient (Wildman–Crippen LogP) is 2.83. The summed E-state index contributed by atoms with van der Waals surface area (Å²) in [5.41, 5.74) is 0.254. The van der Waals surface area contributed by atoms with E-state index in [0.717, 1.165) is 18.1 Å². The minimum Gasteiger partial charge on any atom is -0.466 e. The van der Waals surface area contributed by atoms with Crippen LogP contribution in [0.2, 0.25) is 0 Å². The fourth-order valence-corrected chi connectivity index (χ4v) is 2.29. The van der Waals surface area contributed by atoms with Crippen LogP contribution in [0.25, 0.3) is 0 Å². The maximum atomic E-state index is 5.69. The van der Waals surface area contributed by atoms with Crippen LogP contribution in [0.4, 0.5) is 0 Å². The summed E-state index contributed by atoms with van der Waals surface area (Å²) in [5.74, 6) is 2.79. The van der Waals surface area contributed by atoms with E-state index in [1.54, 1.807) is 0 Å². The molecule has 1 aliphatic rings. The molecule has 78 valence electrons. The minimum absolute atomic E-state index is 0.254. The zero-order valence-corrected chi connectivity index (χ0v) is 9.26. The van der Waals surface area contributed by atoms with E-state index >= 15 is 0 Å². The molecule has 0 aliphatic carbocycles. The second-order valence-electron chi connectivity index (χ2n) is 4.95. The van der Waals surface area contributed by atoms with E-state index in [2.05, 4.69) is 31.3 Å². The van der Waals surface area contributed by atoms with Gasteiger partial charge in [0.15, 0.2) is 0 Å². The van der Waals surface area contributed by atoms with Crippen LogP contribution in [0.1, 0.15) is 44.1 Å². The predicted molar refractivity (Wildman–Crippen MR) is 57.5 cm³/mol. The van der Waals surface area contributed by atoms with Crippen molar-refractivity contribution in [3.63, 3.8) is 0 Å². The zero-order chi connectivity index (χ0) is 10.2. The van der Waals surface area contributed by atoms with Crippen LogP contribution < -0.4 is 5.32 Å². The molecule has 1 aromatic heterocycles. The van der Waals surface area contributed by atoms with Gasteiger partial charge in [-0.15, -0.1) is 0 Å².